The van der Waals surface area contributed by atoms with Crippen LogP contribution in [0.1, 0.15) is 59.8 Å². The standard InChI is InChI=1S/C20H42N4O.HI/c1-5-21-20(23-16-19(10-14-25)15-17(3)4)22-11-7-18-8-12-24(6-2)13-9-18;/h17-19,25H,5-16H2,1-4H3,(H2,21,22,23);1H. The Morgan fingerprint density at radius 3 is 2.42 bits per heavy atom. The molecule has 1 unspecified atom stereocenters. The van der Waals surface area contributed by atoms with Crippen molar-refractivity contribution in [2.24, 2.45) is 22.7 Å². The van der Waals surface area contributed by atoms with Crippen molar-refractivity contribution in [2.45, 2.75) is 59.8 Å². The van der Waals surface area contributed by atoms with Gasteiger partial charge in [0.05, 0.1) is 0 Å². The molecule has 156 valence electrons. The van der Waals surface area contributed by atoms with Gasteiger partial charge in [0.25, 0.3) is 0 Å². The molecule has 0 aromatic rings. The van der Waals surface area contributed by atoms with Crippen LogP contribution in [-0.4, -0.2) is 61.8 Å². The Morgan fingerprint density at radius 2 is 1.88 bits per heavy atom. The summed E-state index contributed by atoms with van der Waals surface area (Å²) in [5.41, 5.74) is 0. The maximum absolute atomic E-state index is 9.26. The minimum atomic E-state index is 0. The molecule has 3 N–H and O–H groups in total. The smallest absolute Gasteiger partial charge is 0.191 e. The van der Waals surface area contributed by atoms with E-state index in [2.05, 4.69) is 43.2 Å². The molecule has 1 heterocycles. The first kappa shape index (κ1) is 25.9. The van der Waals surface area contributed by atoms with Crippen molar-refractivity contribution in [1.82, 2.24) is 15.5 Å². The molecule has 5 nitrogen and oxygen atoms in total. The molecule has 0 bridgehead atoms. The highest BCUT2D eigenvalue weighted by atomic mass is 127. The fraction of sp³-hybridized carbons (Fsp3) is 0.950. The summed E-state index contributed by atoms with van der Waals surface area (Å²) in [4.78, 5) is 7.32. The van der Waals surface area contributed by atoms with Crippen LogP contribution in [-0.2, 0) is 0 Å². The van der Waals surface area contributed by atoms with E-state index in [1.54, 1.807) is 0 Å². The fourth-order valence-corrected chi connectivity index (χ4v) is 3.68. The average molecular weight is 482 g/mol. The number of nitrogens with one attached hydrogen (secondary N) is 2. The number of aliphatic hydroxyl groups is 1. The number of likely N-dealkylation sites (tertiary alicyclic amines) is 1. The topological polar surface area (TPSA) is 59.9 Å². The Morgan fingerprint density at radius 1 is 1.19 bits per heavy atom. The third kappa shape index (κ3) is 11.6. The first-order valence-electron chi connectivity index (χ1n) is 10.4. The number of piperidine rings is 1. The van der Waals surface area contributed by atoms with Crippen LogP contribution in [0.4, 0.5) is 0 Å². The Labute approximate surface area is 178 Å². The summed E-state index contributed by atoms with van der Waals surface area (Å²) >= 11 is 0. The average Bonchev–Trinajstić information content (AvgIpc) is 2.59. The second-order valence-corrected chi connectivity index (χ2v) is 7.82. The van der Waals surface area contributed by atoms with Crippen molar-refractivity contribution in [3.8, 4) is 0 Å². The van der Waals surface area contributed by atoms with E-state index in [0.717, 1.165) is 44.4 Å². The Bertz CT molecular complexity index is 358. The molecule has 0 spiro atoms. The number of aliphatic imine (C=N–C) groups is 1. The van der Waals surface area contributed by atoms with E-state index < -0.39 is 0 Å². The highest BCUT2D eigenvalue weighted by Crippen LogP contribution is 2.19. The van der Waals surface area contributed by atoms with Gasteiger partial charge in [0.15, 0.2) is 5.96 Å². The summed E-state index contributed by atoms with van der Waals surface area (Å²) in [5.74, 6) is 2.90. The van der Waals surface area contributed by atoms with Crippen molar-refractivity contribution in [2.75, 3.05) is 45.9 Å². The zero-order valence-electron chi connectivity index (χ0n) is 17.5. The first-order chi connectivity index (χ1) is 12.1. The number of hydrogen-bond donors (Lipinski definition) is 3. The molecule has 0 aromatic heterocycles. The first-order valence-corrected chi connectivity index (χ1v) is 10.4. The van der Waals surface area contributed by atoms with Crippen molar-refractivity contribution >= 4 is 29.9 Å². The lowest BCUT2D eigenvalue weighted by Gasteiger charge is -2.31. The molecule has 0 amide bonds. The summed E-state index contributed by atoms with van der Waals surface area (Å²) in [7, 11) is 0. The van der Waals surface area contributed by atoms with Crippen molar-refractivity contribution in [3.05, 3.63) is 0 Å². The highest BCUT2D eigenvalue weighted by molar-refractivity contribution is 14.0. The van der Waals surface area contributed by atoms with Crippen LogP contribution in [0.25, 0.3) is 0 Å². The zero-order valence-corrected chi connectivity index (χ0v) is 19.8. The molecular weight excluding hydrogens is 439 g/mol. The van der Waals surface area contributed by atoms with E-state index in [0.29, 0.717) is 11.8 Å². The lowest BCUT2D eigenvalue weighted by Crippen LogP contribution is -2.39. The quantitative estimate of drug-likeness (QED) is 0.240. The fourth-order valence-electron chi connectivity index (χ4n) is 3.68. The Balaban J connectivity index is 0.00000625. The normalized spacial score (nSPS) is 17.8. The molecule has 1 atom stereocenters. The van der Waals surface area contributed by atoms with E-state index in [1.807, 2.05) is 0 Å². The molecule has 1 aliphatic rings. The maximum Gasteiger partial charge on any atom is 0.191 e. The molecule has 1 rings (SSSR count). The van der Waals surface area contributed by atoms with E-state index in [9.17, 15) is 5.11 Å². The van der Waals surface area contributed by atoms with Gasteiger partial charge in [-0.2, -0.15) is 0 Å². The van der Waals surface area contributed by atoms with Gasteiger partial charge in [-0.3, -0.25) is 4.99 Å². The molecule has 0 saturated carbocycles. The predicted molar refractivity (Wildman–Crippen MR) is 123 cm³/mol. The second kappa shape index (κ2) is 15.9. The van der Waals surface area contributed by atoms with E-state index >= 15 is 0 Å². The van der Waals surface area contributed by atoms with Gasteiger partial charge >= 0.3 is 0 Å². The van der Waals surface area contributed by atoms with E-state index in [1.165, 1.54) is 38.9 Å². The monoisotopic (exact) mass is 482 g/mol. The third-order valence-corrected chi connectivity index (χ3v) is 5.19. The molecular formula is C20H43IN4O. The van der Waals surface area contributed by atoms with Crippen LogP contribution < -0.4 is 10.6 Å². The van der Waals surface area contributed by atoms with Crippen LogP contribution in [0.15, 0.2) is 4.99 Å². The number of hydrogen-bond acceptors (Lipinski definition) is 3. The SMILES string of the molecule is CCNC(=NCC(CCO)CC(C)C)NCCC1CCN(CC)CC1.I. The summed E-state index contributed by atoms with van der Waals surface area (Å²) in [5, 5.41) is 16.1. The summed E-state index contributed by atoms with van der Waals surface area (Å²) < 4.78 is 0. The number of rotatable bonds is 11. The van der Waals surface area contributed by atoms with Gasteiger partial charge in [0, 0.05) is 26.2 Å². The second-order valence-electron chi connectivity index (χ2n) is 7.82. The van der Waals surface area contributed by atoms with Gasteiger partial charge in [0.1, 0.15) is 0 Å². The molecule has 0 aliphatic carbocycles. The van der Waals surface area contributed by atoms with Gasteiger partial charge in [-0.15, -0.1) is 24.0 Å². The van der Waals surface area contributed by atoms with Crippen LogP contribution in [0.3, 0.4) is 0 Å². The molecule has 1 fully saturated rings. The Hall–Kier alpha value is -0.0800. The molecule has 1 saturated heterocycles. The third-order valence-electron chi connectivity index (χ3n) is 5.19. The van der Waals surface area contributed by atoms with Gasteiger partial charge in [-0.1, -0.05) is 20.8 Å². The van der Waals surface area contributed by atoms with Gasteiger partial charge in [-0.25, -0.2) is 0 Å². The van der Waals surface area contributed by atoms with Gasteiger partial charge in [-0.05, 0) is 76.4 Å². The predicted octanol–water partition coefficient (Wildman–Crippen LogP) is 3.33. The Kier molecular flexibility index (Phi) is 15.9. The van der Waals surface area contributed by atoms with Gasteiger partial charge < -0.3 is 20.6 Å². The van der Waals surface area contributed by atoms with E-state index in [4.69, 9.17) is 4.99 Å². The molecule has 6 heteroatoms. The number of halogens is 1. The van der Waals surface area contributed by atoms with Crippen LogP contribution in [0.2, 0.25) is 0 Å². The number of nitrogens with zero attached hydrogens (tertiary/aromatic N) is 2. The highest BCUT2D eigenvalue weighted by Gasteiger charge is 2.17. The van der Waals surface area contributed by atoms with Crippen molar-refractivity contribution in [3.63, 3.8) is 0 Å². The minimum Gasteiger partial charge on any atom is -0.396 e. The zero-order chi connectivity index (χ0) is 18.5. The maximum atomic E-state index is 9.26. The number of aliphatic hydroxyl groups excluding tert-OH is 1. The number of guanidine groups is 1. The summed E-state index contributed by atoms with van der Waals surface area (Å²) in [6, 6.07) is 0. The van der Waals surface area contributed by atoms with Gasteiger partial charge in [0.2, 0.25) is 0 Å². The molecule has 0 radical (unpaired) electrons. The van der Waals surface area contributed by atoms with Crippen molar-refractivity contribution < 1.29 is 5.11 Å². The molecule has 0 aromatic carbocycles. The van der Waals surface area contributed by atoms with E-state index in [-0.39, 0.29) is 30.6 Å². The minimum absolute atomic E-state index is 0. The molecule has 26 heavy (non-hydrogen) atoms. The largest absolute Gasteiger partial charge is 0.396 e. The lowest BCUT2D eigenvalue weighted by molar-refractivity contribution is 0.187. The summed E-state index contributed by atoms with van der Waals surface area (Å²) in [6.45, 7) is 15.5. The lowest BCUT2D eigenvalue weighted by atomic mass is 9.93. The molecule has 1 aliphatic heterocycles. The van der Waals surface area contributed by atoms with Crippen LogP contribution in [0.5, 0.6) is 0 Å². The van der Waals surface area contributed by atoms with Crippen LogP contribution in [0, 0.1) is 17.8 Å². The summed E-state index contributed by atoms with van der Waals surface area (Å²) in [6.07, 6.45) is 5.86. The van der Waals surface area contributed by atoms with Crippen LogP contribution >= 0.6 is 24.0 Å². The van der Waals surface area contributed by atoms with Crippen molar-refractivity contribution in [1.29, 1.82) is 0 Å².